The SMILES string of the molecule is CCSc1ccccc1NC(=O)[C@@H]1CN(S(=O)(=O)c2ccc(C)cc2)c2ccccc2O1. The van der Waals surface area contributed by atoms with Crippen molar-refractivity contribution in [1.29, 1.82) is 0 Å². The van der Waals surface area contributed by atoms with E-state index in [1.165, 1.54) is 4.31 Å². The van der Waals surface area contributed by atoms with Gasteiger partial charge in [0.15, 0.2) is 6.10 Å². The Balaban J connectivity index is 1.65. The van der Waals surface area contributed by atoms with Crippen LogP contribution in [0.2, 0.25) is 0 Å². The fraction of sp³-hybridized carbons (Fsp3) is 0.208. The zero-order valence-corrected chi connectivity index (χ0v) is 19.4. The second kappa shape index (κ2) is 9.26. The molecule has 0 bridgehead atoms. The number of rotatable bonds is 6. The van der Waals surface area contributed by atoms with Gasteiger partial charge in [-0.05, 0) is 49.1 Å². The Morgan fingerprint density at radius 2 is 1.75 bits per heavy atom. The quantitative estimate of drug-likeness (QED) is 0.531. The summed E-state index contributed by atoms with van der Waals surface area (Å²) in [4.78, 5) is 14.2. The molecule has 1 heterocycles. The second-order valence-electron chi connectivity index (χ2n) is 7.34. The number of nitrogens with one attached hydrogen (secondary N) is 1. The molecular formula is C24H24N2O4S2. The number of fused-ring (bicyclic) bond motifs is 1. The molecule has 8 heteroatoms. The summed E-state index contributed by atoms with van der Waals surface area (Å²) in [7, 11) is -3.88. The van der Waals surface area contributed by atoms with Gasteiger partial charge in [-0.2, -0.15) is 0 Å². The third-order valence-corrected chi connectivity index (χ3v) is 7.83. The number of carbonyl (C=O) groups is 1. The van der Waals surface area contributed by atoms with E-state index in [1.807, 2.05) is 38.1 Å². The van der Waals surface area contributed by atoms with Crippen molar-refractivity contribution in [3.63, 3.8) is 0 Å². The van der Waals surface area contributed by atoms with Gasteiger partial charge in [0.05, 0.1) is 22.8 Å². The molecular weight excluding hydrogens is 444 g/mol. The Bertz CT molecular complexity index is 1230. The number of nitrogens with zero attached hydrogens (tertiary/aromatic N) is 1. The van der Waals surface area contributed by atoms with Crippen molar-refractivity contribution in [2.45, 2.75) is 29.7 Å². The molecule has 0 radical (unpaired) electrons. The van der Waals surface area contributed by atoms with Crippen LogP contribution in [0.25, 0.3) is 0 Å². The van der Waals surface area contributed by atoms with Crippen LogP contribution in [0.4, 0.5) is 11.4 Å². The summed E-state index contributed by atoms with van der Waals surface area (Å²) in [6.07, 6.45) is -0.996. The van der Waals surface area contributed by atoms with Crippen molar-refractivity contribution >= 4 is 39.1 Å². The molecule has 0 aliphatic carbocycles. The number of thioether (sulfide) groups is 1. The molecule has 0 saturated carbocycles. The highest BCUT2D eigenvalue weighted by molar-refractivity contribution is 7.99. The number of hydrogen-bond donors (Lipinski definition) is 1. The standard InChI is InChI=1S/C24H24N2O4S2/c1-3-31-23-11-7-4-8-19(23)25-24(27)22-16-26(20-9-5-6-10-21(20)30-22)32(28,29)18-14-12-17(2)13-15-18/h4-15,22H,3,16H2,1-2H3,(H,25,27)/t22-/m0/s1. The van der Waals surface area contributed by atoms with Crippen LogP contribution in [0.1, 0.15) is 12.5 Å². The van der Waals surface area contributed by atoms with Gasteiger partial charge < -0.3 is 10.1 Å². The lowest BCUT2D eigenvalue weighted by Gasteiger charge is -2.34. The molecule has 3 aromatic carbocycles. The molecule has 1 N–H and O–H groups in total. The molecule has 1 aliphatic rings. The Labute approximate surface area is 192 Å². The number of amides is 1. The molecule has 0 saturated heterocycles. The Morgan fingerprint density at radius 1 is 1.06 bits per heavy atom. The molecule has 1 aliphatic heterocycles. The van der Waals surface area contributed by atoms with Gasteiger partial charge in [0.2, 0.25) is 0 Å². The topological polar surface area (TPSA) is 75.7 Å². The number of hydrogen-bond acceptors (Lipinski definition) is 5. The fourth-order valence-corrected chi connectivity index (χ4v) is 5.70. The highest BCUT2D eigenvalue weighted by Crippen LogP contribution is 2.37. The third kappa shape index (κ3) is 4.47. The zero-order valence-electron chi connectivity index (χ0n) is 17.8. The van der Waals surface area contributed by atoms with Gasteiger partial charge in [0.1, 0.15) is 5.75 Å². The van der Waals surface area contributed by atoms with E-state index < -0.39 is 22.0 Å². The first-order valence-corrected chi connectivity index (χ1v) is 12.7. The lowest BCUT2D eigenvalue weighted by Crippen LogP contribution is -2.48. The van der Waals surface area contributed by atoms with E-state index in [0.717, 1.165) is 16.2 Å². The number of sulfonamides is 1. The van der Waals surface area contributed by atoms with Gasteiger partial charge in [-0.15, -0.1) is 11.8 Å². The molecule has 3 aromatic rings. The predicted molar refractivity (Wildman–Crippen MR) is 128 cm³/mol. The summed E-state index contributed by atoms with van der Waals surface area (Å²) >= 11 is 1.62. The maximum absolute atomic E-state index is 13.5. The second-order valence-corrected chi connectivity index (χ2v) is 10.5. The molecule has 6 nitrogen and oxygen atoms in total. The average molecular weight is 469 g/mol. The van der Waals surface area contributed by atoms with Crippen LogP contribution in [0.3, 0.4) is 0 Å². The van der Waals surface area contributed by atoms with Gasteiger partial charge in [0, 0.05) is 4.90 Å². The van der Waals surface area contributed by atoms with Crippen LogP contribution in [0.15, 0.2) is 82.6 Å². The number of carbonyl (C=O) groups excluding carboxylic acids is 1. The van der Waals surface area contributed by atoms with Gasteiger partial charge in [-0.25, -0.2) is 8.42 Å². The van der Waals surface area contributed by atoms with Gasteiger partial charge in [-0.3, -0.25) is 9.10 Å². The van der Waals surface area contributed by atoms with E-state index in [0.29, 0.717) is 17.1 Å². The fourth-order valence-electron chi connectivity index (χ4n) is 3.47. The first-order valence-electron chi connectivity index (χ1n) is 10.3. The van der Waals surface area contributed by atoms with Crippen LogP contribution in [-0.2, 0) is 14.8 Å². The molecule has 1 amide bonds. The Hall–Kier alpha value is -2.97. The minimum absolute atomic E-state index is 0.123. The van der Waals surface area contributed by atoms with Gasteiger partial charge >= 0.3 is 0 Å². The van der Waals surface area contributed by atoms with E-state index in [1.54, 1.807) is 60.3 Å². The maximum Gasteiger partial charge on any atom is 0.267 e. The summed E-state index contributed by atoms with van der Waals surface area (Å²) < 4.78 is 34.1. The summed E-state index contributed by atoms with van der Waals surface area (Å²) in [5.74, 6) is 0.821. The van der Waals surface area contributed by atoms with Crippen LogP contribution in [0.5, 0.6) is 5.75 Å². The molecule has 0 fully saturated rings. The first-order chi connectivity index (χ1) is 15.4. The minimum Gasteiger partial charge on any atom is -0.476 e. The predicted octanol–water partition coefficient (Wildman–Crippen LogP) is 4.70. The Morgan fingerprint density at radius 3 is 2.50 bits per heavy atom. The lowest BCUT2D eigenvalue weighted by atomic mass is 10.2. The largest absolute Gasteiger partial charge is 0.476 e. The van der Waals surface area contributed by atoms with Gasteiger partial charge in [-0.1, -0.05) is 48.9 Å². The van der Waals surface area contributed by atoms with Crippen molar-refractivity contribution in [3.05, 3.63) is 78.4 Å². The first kappa shape index (κ1) is 22.2. The van der Waals surface area contributed by atoms with Gasteiger partial charge in [0.25, 0.3) is 15.9 Å². The van der Waals surface area contributed by atoms with Crippen molar-refractivity contribution < 1.29 is 17.9 Å². The van der Waals surface area contributed by atoms with Crippen LogP contribution >= 0.6 is 11.8 Å². The number of aryl methyl sites for hydroxylation is 1. The molecule has 1 atom stereocenters. The summed E-state index contributed by atoms with van der Waals surface area (Å²) in [5.41, 5.74) is 2.06. The number of benzene rings is 3. The molecule has 32 heavy (non-hydrogen) atoms. The number of ether oxygens (including phenoxy) is 1. The average Bonchev–Trinajstić information content (AvgIpc) is 2.80. The zero-order chi connectivity index (χ0) is 22.7. The van der Waals surface area contributed by atoms with Crippen molar-refractivity contribution in [2.75, 3.05) is 21.9 Å². The normalized spacial score (nSPS) is 15.6. The van der Waals surface area contributed by atoms with Crippen LogP contribution in [-0.4, -0.2) is 32.7 Å². The monoisotopic (exact) mass is 468 g/mol. The van der Waals surface area contributed by atoms with E-state index in [4.69, 9.17) is 4.74 Å². The number of para-hydroxylation sites is 3. The third-order valence-electron chi connectivity index (χ3n) is 5.08. The van der Waals surface area contributed by atoms with Crippen molar-refractivity contribution in [3.8, 4) is 5.75 Å². The molecule has 166 valence electrons. The maximum atomic E-state index is 13.5. The Kier molecular flexibility index (Phi) is 6.43. The lowest BCUT2D eigenvalue weighted by molar-refractivity contribution is -0.122. The van der Waals surface area contributed by atoms with E-state index in [2.05, 4.69) is 5.32 Å². The summed E-state index contributed by atoms with van der Waals surface area (Å²) in [6.45, 7) is 3.82. The smallest absolute Gasteiger partial charge is 0.267 e. The van der Waals surface area contributed by atoms with E-state index in [9.17, 15) is 13.2 Å². The van der Waals surface area contributed by atoms with Crippen LogP contribution < -0.4 is 14.4 Å². The van der Waals surface area contributed by atoms with E-state index in [-0.39, 0.29) is 11.4 Å². The van der Waals surface area contributed by atoms with Crippen molar-refractivity contribution in [2.24, 2.45) is 0 Å². The highest BCUT2D eigenvalue weighted by atomic mass is 32.2. The number of anilines is 2. The van der Waals surface area contributed by atoms with Crippen molar-refractivity contribution in [1.82, 2.24) is 0 Å². The summed E-state index contributed by atoms with van der Waals surface area (Å²) in [6, 6.07) is 21.1. The van der Waals surface area contributed by atoms with Crippen LogP contribution in [0, 0.1) is 6.92 Å². The molecule has 0 aromatic heterocycles. The molecule has 0 unspecified atom stereocenters. The summed E-state index contributed by atoms with van der Waals surface area (Å²) in [5, 5.41) is 2.91. The molecule has 4 rings (SSSR count). The molecule has 0 spiro atoms. The minimum atomic E-state index is -3.88. The highest BCUT2D eigenvalue weighted by Gasteiger charge is 2.37. The van der Waals surface area contributed by atoms with E-state index >= 15 is 0 Å².